The Balaban J connectivity index is 1.37. The van der Waals surface area contributed by atoms with Crippen LogP contribution in [0, 0.1) is 5.92 Å². The highest BCUT2D eigenvalue weighted by Crippen LogP contribution is 2.28. The SMILES string of the molecule is O[C@@H]1CC(Cn2ccnc2)C[C@H]1NCc1cnn2ccccc12. The Hall–Kier alpha value is -2.18. The summed E-state index contributed by atoms with van der Waals surface area (Å²) in [5, 5.41) is 18.2. The molecule has 0 saturated heterocycles. The van der Waals surface area contributed by atoms with Gasteiger partial charge in [0.1, 0.15) is 0 Å². The Morgan fingerprint density at radius 1 is 1.26 bits per heavy atom. The first-order valence-corrected chi connectivity index (χ1v) is 8.08. The van der Waals surface area contributed by atoms with Gasteiger partial charge in [0.2, 0.25) is 0 Å². The summed E-state index contributed by atoms with van der Waals surface area (Å²) >= 11 is 0. The zero-order valence-electron chi connectivity index (χ0n) is 12.9. The van der Waals surface area contributed by atoms with E-state index in [2.05, 4.69) is 26.0 Å². The molecule has 1 saturated carbocycles. The quantitative estimate of drug-likeness (QED) is 0.748. The van der Waals surface area contributed by atoms with Crippen LogP contribution in [0.25, 0.3) is 5.52 Å². The van der Waals surface area contributed by atoms with E-state index in [1.165, 1.54) is 0 Å². The first kappa shape index (κ1) is 14.4. The van der Waals surface area contributed by atoms with Gasteiger partial charge in [0.15, 0.2) is 0 Å². The van der Waals surface area contributed by atoms with Crippen molar-refractivity contribution in [3.63, 3.8) is 0 Å². The average Bonchev–Trinajstić information content (AvgIpc) is 3.27. The maximum absolute atomic E-state index is 10.3. The summed E-state index contributed by atoms with van der Waals surface area (Å²) in [5.41, 5.74) is 2.28. The van der Waals surface area contributed by atoms with Crippen LogP contribution in [0.5, 0.6) is 0 Å². The molecule has 120 valence electrons. The van der Waals surface area contributed by atoms with Crippen LogP contribution in [0.4, 0.5) is 0 Å². The molecule has 0 bridgehead atoms. The Morgan fingerprint density at radius 2 is 2.22 bits per heavy atom. The molecule has 3 atom stereocenters. The number of aliphatic hydroxyl groups is 1. The molecule has 4 rings (SSSR count). The smallest absolute Gasteiger partial charge is 0.0945 e. The lowest BCUT2D eigenvalue weighted by atomic mass is 10.1. The zero-order valence-corrected chi connectivity index (χ0v) is 12.9. The van der Waals surface area contributed by atoms with Gasteiger partial charge in [0.05, 0.1) is 24.1 Å². The Kier molecular flexibility index (Phi) is 3.85. The molecule has 0 aromatic carbocycles. The fourth-order valence-corrected chi connectivity index (χ4v) is 3.54. The van der Waals surface area contributed by atoms with Gasteiger partial charge in [-0.2, -0.15) is 5.10 Å². The van der Waals surface area contributed by atoms with Crippen molar-refractivity contribution in [2.24, 2.45) is 5.92 Å². The summed E-state index contributed by atoms with van der Waals surface area (Å²) in [7, 11) is 0. The van der Waals surface area contributed by atoms with Crippen molar-refractivity contribution in [3.8, 4) is 0 Å². The van der Waals surface area contributed by atoms with Crippen molar-refractivity contribution in [3.05, 3.63) is 54.9 Å². The van der Waals surface area contributed by atoms with E-state index in [9.17, 15) is 5.11 Å². The largest absolute Gasteiger partial charge is 0.391 e. The Morgan fingerprint density at radius 3 is 3.09 bits per heavy atom. The number of imidazole rings is 1. The van der Waals surface area contributed by atoms with Gasteiger partial charge >= 0.3 is 0 Å². The number of hydrogen-bond acceptors (Lipinski definition) is 4. The van der Waals surface area contributed by atoms with Crippen LogP contribution in [0.15, 0.2) is 49.3 Å². The molecule has 2 N–H and O–H groups in total. The number of nitrogens with zero attached hydrogens (tertiary/aromatic N) is 4. The second-order valence-corrected chi connectivity index (χ2v) is 6.35. The van der Waals surface area contributed by atoms with E-state index in [4.69, 9.17) is 0 Å². The Bertz CT molecular complexity index is 766. The van der Waals surface area contributed by atoms with Crippen LogP contribution in [-0.4, -0.2) is 36.4 Å². The van der Waals surface area contributed by atoms with E-state index >= 15 is 0 Å². The molecule has 0 aliphatic heterocycles. The first-order chi connectivity index (χ1) is 11.3. The predicted octanol–water partition coefficient (Wildman–Crippen LogP) is 1.46. The van der Waals surface area contributed by atoms with E-state index in [-0.39, 0.29) is 12.1 Å². The number of aromatic nitrogens is 4. The number of aliphatic hydroxyl groups excluding tert-OH is 1. The van der Waals surface area contributed by atoms with E-state index in [0.29, 0.717) is 5.92 Å². The average molecular weight is 311 g/mol. The lowest BCUT2D eigenvalue weighted by molar-refractivity contribution is 0.145. The second-order valence-electron chi connectivity index (χ2n) is 6.35. The molecule has 1 aliphatic rings. The van der Waals surface area contributed by atoms with Crippen LogP contribution in [0.1, 0.15) is 18.4 Å². The van der Waals surface area contributed by atoms with Gasteiger partial charge in [0, 0.05) is 43.3 Å². The van der Waals surface area contributed by atoms with Crippen molar-refractivity contribution in [1.82, 2.24) is 24.5 Å². The minimum absolute atomic E-state index is 0.141. The fraction of sp³-hybridized carbons (Fsp3) is 0.412. The summed E-state index contributed by atoms with van der Waals surface area (Å²) in [6, 6.07) is 6.20. The lowest BCUT2D eigenvalue weighted by Crippen LogP contribution is -2.35. The second kappa shape index (κ2) is 6.14. The van der Waals surface area contributed by atoms with Gasteiger partial charge in [-0.15, -0.1) is 0 Å². The summed E-state index contributed by atoms with van der Waals surface area (Å²) in [4.78, 5) is 4.08. The summed E-state index contributed by atoms with van der Waals surface area (Å²) in [6.45, 7) is 1.65. The van der Waals surface area contributed by atoms with Crippen LogP contribution >= 0.6 is 0 Å². The monoisotopic (exact) mass is 311 g/mol. The summed E-state index contributed by atoms with van der Waals surface area (Å²) in [6.07, 6.45) is 11.0. The molecule has 3 aromatic rings. The summed E-state index contributed by atoms with van der Waals surface area (Å²) in [5.74, 6) is 0.487. The third-order valence-corrected chi connectivity index (χ3v) is 4.72. The molecule has 23 heavy (non-hydrogen) atoms. The topological polar surface area (TPSA) is 67.4 Å². The Labute approximate surface area is 134 Å². The molecular formula is C17H21N5O. The fourth-order valence-electron chi connectivity index (χ4n) is 3.54. The molecule has 1 fully saturated rings. The van der Waals surface area contributed by atoms with Gasteiger partial charge < -0.3 is 15.0 Å². The third-order valence-electron chi connectivity index (χ3n) is 4.72. The van der Waals surface area contributed by atoms with Gasteiger partial charge in [-0.1, -0.05) is 6.07 Å². The molecule has 3 aromatic heterocycles. The van der Waals surface area contributed by atoms with E-state index in [1.807, 2.05) is 41.6 Å². The highest BCUT2D eigenvalue weighted by molar-refractivity contribution is 5.53. The predicted molar refractivity (Wildman–Crippen MR) is 86.8 cm³/mol. The minimum atomic E-state index is -0.287. The molecule has 0 radical (unpaired) electrons. The van der Waals surface area contributed by atoms with Crippen molar-refractivity contribution >= 4 is 5.52 Å². The lowest BCUT2D eigenvalue weighted by Gasteiger charge is -2.16. The maximum Gasteiger partial charge on any atom is 0.0945 e. The zero-order chi connectivity index (χ0) is 15.6. The molecule has 6 nitrogen and oxygen atoms in total. The first-order valence-electron chi connectivity index (χ1n) is 8.08. The maximum atomic E-state index is 10.3. The van der Waals surface area contributed by atoms with Crippen molar-refractivity contribution in [2.45, 2.75) is 38.1 Å². The van der Waals surface area contributed by atoms with Crippen molar-refractivity contribution in [1.29, 1.82) is 0 Å². The molecule has 0 spiro atoms. The van der Waals surface area contributed by atoms with E-state index < -0.39 is 0 Å². The number of hydrogen-bond donors (Lipinski definition) is 2. The third kappa shape index (κ3) is 3.00. The molecule has 1 aliphatic carbocycles. The van der Waals surface area contributed by atoms with Crippen LogP contribution < -0.4 is 5.32 Å². The van der Waals surface area contributed by atoms with Gasteiger partial charge in [-0.25, -0.2) is 9.50 Å². The number of nitrogens with one attached hydrogen (secondary N) is 1. The van der Waals surface area contributed by atoms with Crippen LogP contribution in [0.3, 0.4) is 0 Å². The van der Waals surface area contributed by atoms with Crippen molar-refractivity contribution in [2.75, 3.05) is 0 Å². The normalized spacial score (nSPS) is 24.5. The van der Waals surface area contributed by atoms with E-state index in [0.717, 1.165) is 37.0 Å². The highest BCUT2D eigenvalue weighted by Gasteiger charge is 2.32. The van der Waals surface area contributed by atoms with E-state index in [1.54, 1.807) is 6.20 Å². The minimum Gasteiger partial charge on any atom is -0.391 e. The van der Waals surface area contributed by atoms with Gasteiger partial charge in [-0.05, 0) is 30.9 Å². The van der Waals surface area contributed by atoms with Crippen molar-refractivity contribution < 1.29 is 5.11 Å². The molecule has 6 heteroatoms. The molecular weight excluding hydrogens is 290 g/mol. The number of pyridine rings is 1. The summed E-state index contributed by atoms with van der Waals surface area (Å²) < 4.78 is 3.97. The highest BCUT2D eigenvalue weighted by atomic mass is 16.3. The number of rotatable bonds is 5. The van der Waals surface area contributed by atoms with Gasteiger partial charge in [0.25, 0.3) is 0 Å². The number of fused-ring (bicyclic) bond motifs is 1. The molecule has 0 amide bonds. The van der Waals surface area contributed by atoms with Gasteiger partial charge in [-0.3, -0.25) is 0 Å². The molecule has 3 heterocycles. The standard InChI is InChI=1S/C17H21N5O/c23-17-8-13(11-21-6-4-18-12-21)7-15(17)19-9-14-10-20-22-5-2-1-3-16(14)22/h1-6,10,12-13,15,17,19,23H,7-9,11H2/t13?,15-,17-/m1/s1. The molecule has 1 unspecified atom stereocenters. The van der Waals surface area contributed by atoms with Crippen LogP contribution in [-0.2, 0) is 13.1 Å². The van der Waals surface area contributed by atoms with Crippen LogP contribution in [0.2, 0.25) is 0 Å².